The van der Waals surface area contributed by atoms with Crippen LogP contribution in [0.3, 0.4) is 0 Å². The van der Waals surface area contributed by atoms with Gasteiger partial charge in [0.15, 0.2) is 0 Å². The minimum atomic E-state index is -0.662. The summed E-state index contributed by atoms with van der Waals surface area (Å²) >= 11 is 0. The molecular formula is C14H19F2NO. The third kappa shape index (κ3) is 2.27. The molecule has 1 aromatic carbocycles. The summed E-state index contributed by atoms with van der Waals surface area (Å²) in [5.41, 5.74) is 6.09. The second-order valence-electron chi connectivity index (χ2n) is 5.14. The molecule has 18 heavy (non-hydrogen) atoms. The average molecular weight is 255 g/mol. The molecule has 0 radical (unpaired) electrons. The second-order valence-corrected chi connectivity index (χ2v) is 5.14. The molecule has 0 aromatic heterocycles. The van der Waals surface area contributed by atoms with Crippen LogP contribution in [0.15, 0.2) is 12.1 Å². The lowest BCUT2D eigenvalue weighted by Crippen LogP contribution is -2.42. The van der Waals surface area contributed by atoms with Gasteiger partial charge in [-0.05, 0) is 44.2 Å². The van der Waals surface area contributed by atoms with E-state index in [0.717, 1.165) is 19.3 Å². The maximum atomic E-state index is 14.0. The van der Waals surface area contributed by atoms with Crippen molar-refractivity contribution in [2.24, 2.45) is 5.73 Å². The Labute approximate surface area is 106 Å². The third-order valence-electron chi connectivity index (χ3n) is 3.98. The molecule has 2 rings (SSSR count). The maximum absolute atomic E-state index is 14.0. The molecule has 0 aliphatic heterocycles. The van der Waals surface area contributed by atoms with E-state index in [1.807, 2.05) is 0 Å². The maximum Gasteiger partial charge on any atom is 0.133 e. The van der Waals surface area contributed by atoms with Crippen LogP contribution in [0.25, 0.3) is 0 Å². The summed E-state index contributed by atoms with van der Waals surface area (Å²) < 4.78 is 33.1. The average Bonchev–Trinajstić information content (AvgIpc) is 2.29. The molecule has 1 atom stereocenters. The fourth-order valence-corrected chi connectivity index (χ4v) is 2.58. The van der Waals surface area contributed by atoms with Crippen molar-refractivity contribution in [3.63, 3.8) is 0 Å². The molecule has 1 aromatic rings. The largest absolute Gasteiger partial charge is 0.378 e. The molecule has 1 unspecified atom stereocenters. The Kier molecular flexibility index (Phi) is 3.69. The Balaban J connectivity index is 2.23. The van der Waals surface area contributed by atoms with Crippen LogP contribution in [-0.4, -0.2) is 12.7 Å². The molecule has 1 saturated carbocycles. The van der Waals surface area contributed by atoms with Crippen molar-refractivity contribution < 1.29 is 13.5 Å². The van der Waals surface area contributed by atoms with Crippen LogP contribution < -0.4 is 5.73 Å². The van der Waals surface area contributed by atoms with Crippen LogP contribution in [0.5, 0.6) is 0 Å². The number of halogens is 2. The van der Waals surface area contributed by atoms with E-state index in [1.54, 1.807) is 14.0 Å². The molecule has 0 amide bonds. The lowest BCUT2D eigenvalue weighted by atomic mass is 9.74. The Morgan fingerprint density at radius 3 is 2.56 bits per heavy atom. The standard InChI is InChI=1S/C14H19F2NO/c1-9-4-5-10(15)12(13(9)16)11(17)8-14(18-2)6-3-7-14/h4-5,11H,3,6-8,17H2,1-2H3. The SMILES string of the molecule is COC1(CC(N)c2c(F)ccc(C)c2F)CCC1. The highest BCUT2D eigenvalue weighted by atomic mass is 19.1. The van der Waals surface area contributed by atoms with Crippen molar-refractivity contribution in [3.8, 4) is 0 Å². The Morgan fingerprint density at radius 1 is 1.39 bits per heavy atom. The molecule has 0 spiro atoms. The molecular weight excluding hydrogens is 236 g/mol. The molecule has 0 bridgehead atoms. The van der Waals surface area contributed by atoms with E-state index in [4.69, 9.17) is 10.5 Å². The Morgan fingerprint density at radius 2 is 2.06 bits per heavy atom. The number of benzene rings is 1. The van der Waals surface area contributed by atoms with Crippen molar-refractivity contribution in [1.29, 1.82) is 0 Å². The van der Waals surface area contributed by atoms with Crippen molar-refractivity contribution in [3.05, 3.63) is 34.9 Å². The Bertz CT molecular complexity index is 438. The highest BCUT2D eigenvalue weighted by Gasteiger charge is 2.39. The van der Waals surface area contributed by atoms with Gasteiger partial charge >= 0.3 is 0 Å². The number of rotatable bonds is 4. The number of hydrogen-bond acceptors (Lipinski definition) is 2. The smallest absolute Gasteiger partial charge is 0.133 e. The number of nitrogens with two attached hydrogens (primary N) is 1. The number of hydrogen-bond donors (Lipinski definition) is 1. The number of ether oxygens (including phenoxy) is 1. The first-order valence-corrected chi connectivity index (χ1v) is 6.24. The predicted octanol–water partition coefficient (Wildman–Crippen LogP) is 3.23. The highest BCUT2D eigenvalue weighted by molar-refractivity contribution is 5.29. The monoisotopic (exact) mass is 255 g/mol. The minimum absolute atomic E-state index is 0.0154. The first-order valence-electron chi connectivity index (χ1n) is 6.24. The first kappa shape index (κ1) is 13.4. The summed E-state index contributed by atoms with van der Waals surface area (Å²) in [5, 5.41) is 0. The van der Waals surface area contributed by atoms with Crippen molar-refractivity contribution in [1.82, 2.24) is 0 Å². The van der Waals surface area contributed by atoms with Crippen LogP contribution in [0.1, 0.15) is 42.9 Å². The summed E-state index contributed by atoms with van der Waals surface area (Å²) in [6.07, 6.45) is 3.36. The van der Waals surface area contributed by atoms with Gasteiger partial charge in [-0.2, -0.15) is 0 Å². The van der Waals surface area contributed by atoms with Gasteiger partial charge in [-0.1, -0.05) is 6.07 Å². The molecule has 4 heteroatoms. The van der Waals surface area contributed by atoms with E-state index >= 15 is 0 Å². The van der Waals surface area contributed by atoms with E-state index in [1.165, 1.54) is 12.1 Å². The normalized spacial score (nSPS) is 19.4. The van der Waals surface area contributed by atoms with E-state index in [2.05, 4.69) is 0 Å². The van der Waals surface area contributed by atoms with Crippen molar-refractivity contribution in [2.45, 2.75) is 44.2 Å². The summed E-state index contributed by atoms with van der Waals surface area (Å²) in [7, 11) is 1.63. The highest BCUT2D eigenvalue weighted by Crippen LogP contribution is 2.42. The van der Waals surface area contributed by atoms with Crippen molar-refractivity contribution >= 4 is 0 Å². The van der Waals surface area contributed by atoms with E-state index in [0.29, 0.717) is 12.0 Å². The lowest BCUT2D eigenvalue weighted by molar-refractivity contribution is -0.0819. The fourth-order valence-electron chi connectivity index (χ4n) is 2.58. The third-order valence-corrected chi connectivity index (χ3v) is 3.98. The molecule has 0 saturated heterocycles. The van der Waals surface area contributed by atoms with Crippen LogP contribution in [0.4, 0.5) is 8.78 Å². The molecule has 1 fully saturated rings. The Hall–Kier alpha value is -1.00. The molecule has 1 aliphatic rings. The van der Waals surface area contributed by atoms with Crippen molar-refractivity contribution in [2.75, 3.05) is 7.11 Å². The fraction of sp³-hybridized carbons (Fsp3) is 0.571. The number of methoxy groups -OCH3 is 1. The van der Waals surface area contributed by atoms with E-state index in [9.17, 15) is 8.78 Å². The van der Waals surface area contributed by atoms with E-state index in [-0.39, 0.29) is 11.2 Å². The van der Waals surface area contributed by atoms with Gasteiger partial charge in [0.1, 0.15) is 11.6 Å². The lowest BCUT2D eigenvalue weighted by Gasteiger charge is -2.42. The summed E-state index contributed by atoms with van der Waals surface area (Å²) in [4.78, 5) is 0. The van der Waals surface area contributed by atoms with Gasteiger partial charge in [0.2, 0.25) is 0 Å². The predicted molar refractivity (Wildman–Crippen MR) is 66.2 cm³/mol. The quantitative estimate of drug-likeness (QED) is 0.896. The molecule has 2 N–H and O–H groups in total. The van der Waals surface area contributed by atoms with Gasteiger partial charge in [-0.15, -0.1) is 0 Å². The number of aryl methyl sites for hydroxylation is 1. The molecule has 2 nitrogen and oxygen atoms in total. The van der Waals surface area contributed by atoms with Crippen LogP contribution in [0.2, 0.25) is 0 Å². The first-order chi connectivity index (χ1) is 8.49. The van der Waals surface area contributed by atoms with Gasteiger partial charge in [0, 0.05) is 18.7 Å². The molecule has 100 valence electrons. The van der Waals surface area contributed by atoms with Crippen LogP contribution >= 0.6 is 0 Å². The zero-order valence-corrected chi connectivity index (χ0v) is 10.8. The minimum Gasteiger partial charge on any atom is -0.378 e. The zero-order chi connectivity index (χ0) is 13.3. The molecule has 0 heterocycles. The zero-order valence-electron chi connectivity index (χ0n) is 10.8. The summed E-state index contributed by atoms with van der Waals surface area (Å²) in [6, 6.07) is 2.04. The van der Waals surface area contributed by atoms with Gasteiger partial charge in [0.25, 0.3) is 0 Å². The van der Waals surface area contributed by atoms with Gasteiger partial charge in [-0.25, -0.2) is 8.78 Å². The molecule has 1 aliphatic carbocycles. The summed E-state index contributed by atoms with van der Waals surface area (Å²) in [5.74, 6) is -1.11. The topological polar surface area (TPSA) is 35.2 Å². The van der Waals surface area contributed by atoms with E-state index < -0.39 is 17.7 Å². The second kappa shape index (κ2) is 4.94. The van der Waals surface area contributed by atoms with Gasteiger partial charge in [0.05, 0.1) is 5.60 Å². The summed E-state index contributed by atoms with van der Waals surface area (Å²) in [6.45, 7) is 1.61. The van der Waals surface area contributed by atoms with Crippen LogP contribution in [-0.2, 0) is 4.74 Å². The van der Waals surface area contributed by atoms with Gasteiger partial charge in [-0.3, -0.25) is 0 Å². The van der Waals surface area contributed by atoms with Gasteiger partial charge < -0.3 is 10.5 Å². The van der Waals surface area contributed by atoms with Crippen LogP contribution in [0, 0.1) is 18.6 Å².